The summed E-state index contributed by atoms with van der Waals surface area (Å²) in [5.74, 6) is -0.121. The molecule has 0 spiro atoms. The third kappa shape index (κ3) is 1.55. The van der Waals surface area contributed by atoms with Crippen LogP contribution in [0.2, 0.25) is 0 Å². The third-order valence-corrected chi connectivity index (χ3v) is 2.53. The molecule has 1 aromatic carbocycles. The number of aliphatic imine (C=N–C) groups is 1. The average Bonchev–Trinajstić information content (AvgIpc) is 2.57. The summed E-state index contributed by atoms with van der Waals surface area (Å²) in [4.78, 5) is 16.1. The first-order valence-corrected chi connectivity index (χ1v) is 4.90. The third-order valence-electron chi connectivity index (χ3n) is 2.53. The molecule has 5 nitrogen and oxygen atoms in total. The molecule has 2 rings (SSSR count). The largest absolute Gasteiger partial charge is 0.381 e. The van der Waals surface area contributed by atoms with E-state index in [0.717, 1.165) is 5.56 Å². The van der Waals surface area contributed by atoms with E-state index in [2.05, 4.69) is 10.3 Å². The van der Waals surface area contributed by atoms with Crippen molar-refractivity contribution in [3.05, 3.63) is 35.9 Å². The minimum Gasteiger partial charge on any atom is -0.381 e. The molecule has 0 aromatic heterocycles. The zero-order chi connectivity index (χ0) is 11.6. The van der Waals surface area contributed by atoms with E-state index in [-0.39, 0.29) is 18.5 Å². The molecule has 16 heavy (non-hydrogen) atoms. The molecule has 0 saturated carbocycles. The Morgan fingerprint density at radius 1 is 1.44 bits per heavy atom. The molecule has 1 aliphatic heterocycles. The molecule has 0 saturated heterocycles. The zero-order valence-corrected chi connectivity index (χ0v) is 8.93. The Bertz CT molecular complexity index is 430. The van der Waals surface area contributed by atoms with Gasteiger partial charge in [0, 0.05) is 7.11 Å². The van der Waals surface area contributed by atoms with E-state index in [9.17, 15) is 4.79 Å². The predicted molar refractivity (Wildman–Crippen MR) is 59.8 cm³/mol. The number of benzene rings is 1. The van der Waals surface area contributed by atoms with Crippen LogP contribution in [-0.2, 0) is 15.1 Å². The summed E-state index contributed by atoms with van der Waals surface area (Å²) >= 11 is 0. The Labute approximate surface area is 93.3 Å². The van der Waals surface area contributed by atoms with Crippen molar-refractivity contribution in [1.82, 2.24) is 5.32 Å². The molecule has 0 aliphatic carbocycles. The van der Waals surface area contributed by atoms with Gasteiger partial charge in [0.25, 0.3) is 5.91 Å². The first-order chi connectivity index (χ1) is 7.69. The lowest BCUT2D eigenvalue weighted by molar-refractivity contribution is -0.125. The molecular weight excluding hydrogens is 206 g/mol. The van der Waals surface area contributed by atoms with E-state index >= 15 is 0 Å². The molecule has 1 aliphatic rings. The number of ether oxygens (including phenoxy) is 1. The Balaban J connectivity index is 2.48. The van der Waals surface area contributed by atoms with Gasteiger partial charge < -0.3 is 10.5 Å². The zero-order valence-electron chi connectivity index (χ0n) is 8.93. The van der Waals surface area contributed by atoms with Crippen molar-refractivity contribution in [1.29, 1.82) is 0 Å². The van der Waals surface area contributed by atoms with Crippen LogP contribution in [-0.4, -0.2) is 25.6 Å². The van der Waals surface area contributed by atoms with Crippen LogP contribution in [0.4, 0.5) is 0 Å². The SMILES string of the molecule is COCC1(c2ccccc2)N=C(N)NC1=O. The lowest BCUT2D eigenvalue weighted by Crippen LogP contribution is -2.41. The van der Waals surface area contributed by atoms with E-state index in [1.54, 1.807) is 0 Å². The second-order valence-corrected chi connectivity index (χ2v) is 3.61. The van der Waals surface area contributed by atoms with Gasteiger partial charge in [-0.2, -0.15) is 0 Å². The first kappa shape index (κ1) is 10.6. The summed E-state index contributed by atoms with van der Waals surface area (Å²) in [5.41, 5.74) is 5.26. The van der Waals surface area contributed by atoms with Gasteiger partial charge in [0.2, 0.25) is 0 Å². The van der Waals surface area contributed by atoms with Gasteiger partial charge in [0.05, 0.1) is 6.61 Å². The van der Waals surface area contributed by atoms with Gasteiger partial charge in [-0.25, -0.2) is 4.99 Å². The minimum atomic E-state index is -1.04. The second kappa shape index (κ2) is 3.94. The van der Waals surface area contributed by atoms with Gasteiger partial charge >= 0.3 is 0 Å². The molecular formula is C11H13N3O2. The van der Waals surface area contributed by atoms with Crippen molar-refractivity contribution in [2.75, 3.05) is 13.7 Å². The van der Waals surface area contributed by atoms with E-state index in [4.69, 9.17) is 10.5 Å². The van der Waals surface area contributed by atoms with Crippen molar-refractivity contribution in [3.63, 3.8) is 0 Å². The van der Waals surface area contributed by atoms with Crippen molar-refractivity contribution in [2.45, 2.75) is 5.54 Å². The predicted octanol–water partition coefficient (Wildman–Crippen LogP) is -0.0272. The molecule has 1 heterocycles. The number of guanidine groups is 1. The van der Waals surface area contributed by atoms with Crippen molar-refractivity contribution >= 4 is 11.9 Å². The molecule has 1 unspecified atom stereocenters. The molecule has 1 amide bonds. The quantitative estimate of drug-likeness (QED) is 0.749. The number of carbonyl (C=O) groups is 1. The fourth-order valence-corrected chi connectivity index (χ4v) is 1.80. The van der Waals surface area contributed by atoms with Crippen molar-refractivity contribution < 1.29 is 9.53 Å². The maximum Gasteiger partial charge on any atom is 0.261 e. The minimum absolute atomic E-state index is 0.130. The number of nitrogens with one attached hydrogen (secondary N) is 1. The molecule has 0 fully saturated rings. The van der Waals surface area contributed by atoms with Gasteiger partial charge in [0.1, 0.15) is 0 Å². The van der Waals surface area contributed by atoms with Crippen LogP contribution in [0.1, 0.15) is 5.56 Å². The number of rotatable bonds is 3. The Hall–Kier alpha value is -1.88. The number of hydrogen-bond acceptors (Lipinski definition) is 4. The standard InChI is InChI=1S/C11H13N3O2/c1-16-7-11(8-5-3-2-4-6-8)9(15)13-10(12)14-11/h2-6H,7H2,1H3,(H3,12,13,14,15). The molecule has 0 bridgehead atoms. The second-order valence-electron chi connectivity index (χ2n) is 3.61. The maximum absolute atomic E-state index is 11.9. The molecule has 84 valence electrons. The van der Waals surface area contributed by atoms with Crippen molar-refractivity contribution in [3.8, 4) is 0 Å². The average molecular weight is 219 g/mol. The lowest BCUT2D eigenvalue weighted by Gasteiger charge is -2.22. The van der Waals surface area contributed by atoms with Gasteiger partial charge in [-0.05, 0) is 5.56 Å². The van der Waals surface area contributed by atoms with Gasteiger partial charge in [-0.15, -0.1) is 0 Å². The highest BCUT2D eigenvalue weighted by Crippen LogP contribution is 2.29. The Morgan fingerprint density at radius 2 is 2.12 bits per heavy atom. The highest BCUT2D eigenvalue weighted by atomic mass is 16.5. The normalized spacial score (nSPS) is 24.1. The highest BCUT2D eigenvalue weighted by molar-refractivity contribution is 6.07. The van der Waals surface area contributed by atoms with Gasteiger partial charge in [-0.3, -0.25) is 10.1 Å². The molecule has 0 radical (unpaired) electrons. The van der Waals surface area contributed by atoms with Gasteiger partial charge in [0.15, 0.2) is 11.5 Å². The number of carbonyl (C=O) groups excluding carboxylic acids is 1. The van der Waals surface area contributed by atoms with Crippen LogP contribution in [0.25, 0.3) is 0 Å². The van der Waals surface area contributed by atoms with Crippen molar-refractivity contribution in [2.24, 2.45) is 10.7 Å². The summed E-state index contributed by atoms with van der Waals surface area (Å²) in [5, 5.41) is 2.50. The lowest BCUT2D eigenvalue weighted by atomic mass is 9.91. The molecule has 3 N–H and O–H groups in total. The smallest absolute Gasteiger partial charge is 0.261 e. The topological polar surface area (TPSA) is 76.7 Å². The van der Waals surface area contributed by atoms with Crippen LogP contribution in [0.3, 0.4) is 0 Å². The van der Waals surface area contributed by atoms with E-state index < -0.39 is 5.54 Å². The summed E-state index contributed by atoms with van der Waals surface area (Å²) < 4.78 is 5.08. The number of nitrogens with zero attached hydrogens (tertiary/aromatic N) is 1. The summed E-state index contributed by atoms with van der Waals surface area (Å²) in [6.07, 6.45) is 0. The van der Waals surface area contributed by atoms with Crippen LogP contribution in [0.5, 0.6) is 0 Å². The van der Waals surface area contributed by atoms with Crippen LogP contribution in [0, 0.1) is 0 Å². The van der Waals surface area contributed by atoms with E-state index in [1.165, 1.54) is 7.11 Å². The Kier molecular flexibility index (Phi) is 2.62. The summed E-state index contributed by atoms with van der Waals surface area (Å²) in [6.45, 7) is 0.170. The fourth-order valence-electron chi connectivity index (χ4n) is 1.80. The fraction of sp³-hybridized carbons (Fsp3) is 0.273. The molecule has 1 aromatic rings. The highest BCUT2D eigenvalue weighted by Gasteiger charge is 2.44. The van der Waals surface area contributed by atoms with Gasteiger partial charge in [-0.1, -0.05) is 30.3 Å². The Morgan fingerprint density at radius 3 is 2.62 bits per heavy atom. The monoisotopic (exact) mass is 219 g/mol. The van der Waals surface area contributed by atoms with E-state index in [1.807, 2.05) is 30.3 Å². The number of methoxy groups -OCH3 is 1. The number of nitrogens with two attached hydrogens (primary N) is 1. The summed E-state index contributed by atoms with van der Waals surface area (Å²) in [7, 11) is 1.53. The molecule has 1 atom stereocenters. The van der Waals surface area contributed by atoms with Crippen LogP contribution in [0.15, 0.2) is 35.3 Å². The summed E-state index contributed by atoms with van der Waals surface area (Å²) in [6, 6.07) is 9.25. The van der Waals surface area contributed by atoms with Crippen LogP contribution < -0.4 is 11.1 Å². The number of hydrogen-bond donors (Lipinski definition) is 2. The first-order valence-electron chi connectivity index (χ1n) is 4.90. The maximum atomic E-state index is 11.9. The number of amides is 1. The van der Waals surface area contributed by atoms with E-state index in [0.29, 0.717) is 0 Å². The van der Waals surface area contributed by atoms with Crippen LogP contribution >= 0.6 is 0 Å². The molecule has 5 heteroatoms.